The molecule has 4 rings (SSSR count). The largest absolute Gasteiger partial charge is 0.442 e. The van der Waals surface area contributed by atoms with Crippen LogP contribution < -0.4 is 15.1 Å². The fourth-order valence-corrected chi connectivity index (χ4v) is 3.93. The van der Waals surface area contributed by atoms with Gasteiger partial charge in [0, 0.05) is 25.2 Å². The predicted molar refractivity (Wildman–Crippen MR) is 109 cm³/mol. The minimum absolute atomic E-state index is 0.0287. The Bertz CT molecular complexity index is 1010. The number of benzene rings is 1. The zero-order chi connectivity index (χ0) is 23.8. The first-order valence-corrected chi connectivity index (χ1v) is 10.4. The number of anilines is 2. The van der Waals surface area contributed by atoms with Crippen molar-refractivity contribution in [3.05, 3.63) is 30.1 Å². The third kappa shape index (κ3) is 4.96. The Labute approximate surface area is 190 Å². The van der Waals surface area contributed by atoms with E-state index in [2.05, 4.69) is 28.2 Å². The SMILES string of the molecule is O=C1OC(CNC(=O)C(F)(F)S)CN1c1cc(F)c(N2CCC(n3cnnn3)CC2)c(F)c1. The van der Waals surface area contributed by atoms with Gasteiger partial charge >= 0.3 is 17.3 Å². The number of alkyl halides is 2. The van der Waals surface area contributed by atoms with Gasteiger partial charge in [0.05, 0.1) is 24.8 Å². The molecule has 3 heterocycles. The lowest BCUT2D eigenvalue weighted by Gasteiger charge is -2.33. The molecule has 2 aliphatic heterocycles. The van der Waals surface area contributed by atoms with E-state index in [0.717, 1.165) is 17.0 Å². The smallest absolute Gasteiger partial charge is 0.414 e. The third-order valence-electron chi connectivity index (χ3n) is 5.47. The summed E-state index contributed by atoms with van der Waals surface area (Å²) in [4.78, 5) is 25.9. The zero-order valence-corrected chi connectivity index (χ0v) is 17.9. The highest BCUT2D eigenvalue weighted by Crippen LogP contribution is 2.34. The molecule has 10 nitrogen and oxygen atoms in total. The van der Waals surface area contributed by atoms with E-state index in [1.807, 2.05) is 5.32 Å². The van der Waals surface area contributed by atoms with Crippen LogP contribution in [-0.4, -0.2) is 69.7 Å². The number of carbonyl (C=O) groups is 2. The summed E-state index contributed by atoms with van der Waals surface area (Å²) < 4.78 is 62.0. The van der Waals surface area contributed by atoms with Crippen LogP contribution in [0, 0.1) is 11.6 Å². The van der Waals surface area contributed by atoms with Crippen LogP contribution in [0.15, 0.2) is 18.5 Å². The topological polar surface area (TPSA) is 105 Å². The van der Waals surface area contributed by atoms with Gasteiger partial charge in [0.1, 0.15) is 18.1 Å². The minimum atomic E-state index is -3.88. The van der Waals surface area contributed by atoms with E-state index < -0.39 is 41.5 Å². The molecule has 0 aliphatic carbocycles. The zero-order valence-electron chi connectivity index (χ0n) is 17.0. The first-order chi connectivity index (χ1) is 15.6. The van der Waals surface area contributed by atoms with E-state index >= 15 is 0 Å². The van der Waals surface area contributed by atoms with Gasteiger partial charge in [-0.15, -0.1) is 5.10 Å². The summed E-state index contributed by atoms with van der Waals surface area (Å²) in [6, 6.07) is 2.05. The van der Waals surface area contributed by atoms with E-state index in [1.165, 1.54) is 6.33 Å². The molecular formula is C18H19F4N7O3S. The van der Waals surface area contributed by atoms with Gasteiger partial charge in [-0.1, -0.05) is 12.6 Å². The van der Waals surface area contributed by atoms with Crippen LogP contribution in [0.25, 0.3) is 0 Å². The molecule has 0 bridgehead atoms. The van der Waals surface area contributed by atoms with E-state index in [1.54, 1.807) is 9.58 Å². The molecule has 2 amide bonds. The van der Waals surface area contributed by atoms with Gasteiger partial charge in [-0.3, -0.25) is 9.69 Å². The van der Waals surface area contributed by atoms with Crippen LogP contribution in [0.3, 0.4) is 0 Å². The van der Waals surface area contributed by atoms with Gasteiger partial charge in [-0.05, 0) is 23.3 Å². The van der Waals surface area contributed by atoms with Crippen LogP contribution in [0.2, 0.25) is 0 Å². The van der Waals surface area contributed by atoms with Crippen LogP contribution in [0.5, 0.6) is 0 Å². The molecule has 2 aromatic rings. The molecule has 0 saturated carbocycles. The van der Waals surface area contributed by atoms with Gasteiger partial charge in [0.25, 0.3) is 0 Å². The summed E-state index contributed by atoms with van der Waals surface area (Å²) in [5.41, 5.74) is -0.294. The fraction of sp³-hybridized carbons (Fsp3) is 0.500. The molecule has 2 aliphatic rings. The second-order valence-electron chi connectivity index (χ2n) is 7.63. The quantitative estimate of drug-likeness (QED) is 0.471. The van der Waals surface area contributed by atoms with E-state index in [4.69, 9.17) is 4.74 Å². The van der Waals surface area contributed by atoms with Crippen molar-refractivity contribution >= 4 is 36.0 Å². The number of piperidine rings is 1. The maximum Gasteiger partial charge on any atom is 0.414 e. The van der Waals surface area contributed by atoms with E-state index in [0.29, 0.717) is 25.9 Å². The van der Waals surface area contributed by atoms with Crippen LogP contribution in [0.1, 0.15) is 18.9 Å². The van der Waals surface area contributed by atoms with Crippen molar-refractivity contribution in [2.45, 2.75) is 30.2 Å². The number of amides is 2. The summed E-state index contributed by atoms with van der Waals surface area (Å²) in [5, 5.41) is 9.06. The van der Waals surface area contributed by atoms with Crippen molar-refractivity contribution in [2.24, 2.45) is 0 Å². The molecule has 1 N–H and O–H groups in total. The third-order valence-corrected chi connectivity index (χ3v) is 5.67. The Balaban J connectivity index is 1.41. The Morgan fingerprint density at radius 3 is 2.48 bits per heavy atom. The number of cyclic esters (lactones) is 1. The van der Waals surface area contributed by atoms with Gasteiger partial charge in [-0.25, -0.2) is 18.3 Å². The Morgan fingerprint density at radius 1 is 1.24 bits per heavy atom. The molecule has 1 aromatic heterocycles. The van der Waals surface area contributed by atoms with Crippen molar-refractivity contribution in [1.29, 1.82) is 0 Å². The summed E-state index contributed by atoms with van der Waals surface area (Å²) in [5.74, 6) is -3.36. The number of ether oxygens (including phenoxy) is 1. The number of hydrogen-bond donors (Lipinski definition) is 2. The summed E-state index contributed by atoms with van der Waals surface area (Å²) in [7, 11) is 0. The molecule has 0 radical (unpaired) electrons. The monoisotopic (exact) mass is 489 g/mol. The molecule has 1 atom stereocenters. The van der Waals surface area contributed by atoms with Gasteiger partial charge in [0.2, 0.25) is 0 Å². The van der Waals surface area contributed by atoms with Crippen molar-refractivity contribution in [3.8, 4) is 0 Å². The lowest BCUT2D eigenvalue weighted by atomic mass is 10.0. The summed E-state index contributed by atoms with van der Waals surface area (Å²) in [6.45, 7) is 0.158. The second-order valence-corrected chi connectivity index (χ2v) is 8.20. The van der Waals surface area contributed by atoms with Crippen molar-refractivity contribution in [3.63, 3.8) is 0 Å². The highest BCUT2D eigenvalue weighted by atomic mass is 32.1. The number of nitrogens with zero attached hydrogens (tertiary/aromatic N) is 6. The van der Waals surface area contributed by atoms with E-state index in [9.17, 15) is 27.2 Å². The van der Waals surface area contributed by atoms with Crippen molar-refractivity contribution < 1.29 is 31.9 Å². The molecule has 178 valence electrons. The van der Waals surface area contributed by atoms with E-state index in [-0.39, 0.29) is 24.0 Å². The molecule has 1 aromatic carbocycles. The van der Waals surface area contributed by atoms with Crippen molar-refractivity contribution in [2.75, 3.05) is 36.0 Å². The van der Waals surface area contributed by atoms with Crippen molar-refractivity contribution in [1.82, 2.24) is 25.5 Å². The van der Waals surface area contributed by atoms with Crippen LogP contribution >= 0.6 is 12.6 Å². The molecular weight excluding hydrogens is 470 g/mol. The molecule has 1 unspecified atom stereocenters. The normalized spacial score (nSPS) is 19.7. The molecule has 2 saturated heterocycles. The number of hydrogen-bond acceptors (Lipinski definition) is 8. The fourth-order valence-electron chi connectivity index (χ4n) is 3.85. The van der Waals surface area contributed by atoms with Gasteiger partial charge in [0.15, 0.2) is 11.6 Å². The number of tetrazole rings is 1. The Morgan fingerprint density at radius 2 is 1.91 bits per heavy atom. The number of aromatic nitrogens is 4. The number of halogens is 4. The Kier molecular flexibility index (Phi) is 6.32. The van der Waals surface area contributed by atoms with Gasteiger partial charge in [-0.2, -0.15) is 8.78 Å². The lowest BCUT2D eigenvalue weighted by molar-refractivity contribution is -0.135. The average Bonchev–Trinajstić information content (AvgIpc) is 3.41. The van der Waals surface area contributed by atoms with Crippen LogP contribution in [-0.2, 0) is 9.53 Å². The summed E-state index contributed by atoms with van der Waals surface area (Å²) in [6.07, 6.45) is 0.772. The molecule has 33 heavy (non-hydrogen) atoms. The number of rotatable bonds is 6. The molecule has 15 heteroatoms. The highest BCUT2D eigenvalue weighted by molar-refractivity contribution is 7.82. The summed E-state index contributed by atoms with van der Waals surface area (Å²) >= 11 is 2.85. The lowest BCUT2D eigenvalue weighted by Crippen LogP contribution is -2.41. The Hall–Kier alpha value is -3.10. The number of thiol groups is 1. The number of nitrogens with one attached hydrogen (secondary N) is 1. The first kappa shape index (κ1) is 23.1. The highest BCUT2D eigenvalue weighted by Gasteiger charge is 2.37. The molecule has 2 fully saturated rings. The minimum Gasteiger partial charge on any atom is -0.442 e. The average molecular weight is 489 g/mol. The standard InChI is InChI=1S/C18H19F4N7O3S/c19-13-5-11(28-8-12(32-17(28)31)7-23-16(30)18(21,22)33)6-14(20)15(13)27-3-1-10(2-4-27)29-9-24-25-26-29/h5-6,9-10,12,33H,1-4,7-8H2,(H,23,30). The molecule has 0 spiro atoms. The maximum absolute atomic E-state index is 14.9. The first-order valence-electron chi connectivity index (χ1n) is 9.96. The number of carbonyl (C=O) groups excluding carboxylic acids is 2. The van der Waals surface area contributed by atoms with Gasteiger partial charge < -0.3 is 15.0 Å². The maximum atomic E-state index is 14.9. The predicted octanol–water partition coefficient (Wildman–Crippen LogP) is 1.76. The second kappa shape index (κ2) is 9.03. The van der Waals surface area contributed by atoms with Crippen LogP contribution in [0.4, 0.5) is 33.7 Å².